The third kappa shape index (κ3) is 16.1. The normalized spacial score (nSPS) is 14.8. The Labute approximate surface area is 414 Å². The lowest BCUT2D eigenvalue weighted by atomic mass is 10.0. The lowest BCUT2D eigenvalue weighted by molar-refractivity contribution is 0.0228. The van der Waals surface area contributed by atoms with Gasteiger partial charge in [-0.15, -0.1) is 10.2 Å². The summed E-state index contributed by atoms with van der Waals surface area (Å²) in [6, 6.07) is 25.9. The van der Waals surface area contributed by atoms with Gasteiger partial charge < -0.3 is 41.7 Å². The van der Waals surface area contributed by atoms with Crippen LogP contribution in [-0.4, -0.2) is 152 Å². The van der Waals surface area contributed by atoms with Crippen LogP contribution in [0.15, 0.2) is 97.1 Å². The quantitative estimate of drug-likeness (QED) is 0.0492. The van der Waals surface area contributed by atoms with E-state index in [0.717, 1.165) is 34.2 Å². The average Bonchev–Trinajstić information content (AvgIpc) is 4.00. The van der Waals surface area contributed by atoms with Gasteiger partial charge in [0.25, 0.3) is 0 Å². The van der Waals surface area contributed by atoms with Crippen molar-refractivity contribution in [3.05, 3.63) is 120 Å². The standard InChI is InChI=1S/C25H34FN7O3.C25H35N7O3/c1-5-33(17(3)22(34)13-18-9-11-20(26)12-10-18)15-23(35)16(2)27-25(36)28-21-8-6-7-19(14-21)24-29-30-31-32(24)4;1-6-18-12-20(24-28-29-30-32(24)5)14-21(13-18)27-25(35)26-16(2)22(33)15-31(4)17(3)23(34)19-10-8-7-9-11-19/h6-12,14,16-17,22-23,34-35H,5,13,15H2,1-4H3,(H2,27,28,36);7-14,16-17,22-23,33-34H,6,15H2,1-5H3,(H2,26,27,35)/t16-,17+,22+,23+;16-,17+,22+,23-/m11/s1. The van der Waals surface area contributed by atoms with Gasteiger partial charge in [-0.05, 0) is 134 Å². The Morgan fingerprint density at radius 2 is 1.21 bits per heavy atom. The number of tetrazole rings is 2. The third-order valence-corrected chi connectivity index (χ3v) is 12.5. The molecule has 0 aliphatic carbocycles. The first-order valence-corrected chi connectivity index (χ1v) is 23.7. The monoisotopic (exact) mass is 981 g/mol. The summed E-state index contributed by atoms with van der Waals surface area (Å²) in [4.78, 5) is 29.1. The van der Waals surface area contributed by atoms with Gasteiger partial charge in [-0.2, -0.15) is 0 Å². The second-order valence-electron chi connectivity index (χ2n) is 17.8. The minimum Gasteiger partial charge on any atom is -0.391 e. The molecule has 6 rings (SSSR count). The molecule has 8 N–H and O–H groups in total. The van der Waals surface area contributed by atoms with E-state index in [-0.39, 0.29) is 31.0 Å². The molecule has 4 amide bonds. The van der Waals surface area contributed by atoms with Crippen LogP contribution in [0.3, 0.4) is 0 Å². The van der Waals surface area contributed by atoms with Crippen molar-refractivity contribution >= 4 is 23.4 Å². The first kappa shape index (κ1) is 55.2. The zero-order chi connectivity index (χ0) is 51.8. The molecular formula is C50H69FN14O6. The van der Waals surface area contributed by atoms with Crippen LogP contribution < -0.4 is 21.3 Å². The molecule has 6 aromatic rings. The van der Waals surface area contributed by atoms with E-state index in [1.807, 2.05) is 99.1 Å². The van der Waals surface area contributed by atoms with E-state index < -0.39 is 48.6 Å². The maximum Gasteiger partial charge on any atom is 0.319 e. The van der Waals surface area contributed by atoms with Crippen LogP contribution in [0.1, 0.15) is 64.3 Å². The van der Waals surface area contributed by atoms with Crippen molar-refractivity contribution in [3.63, 3.8) is 0 Å². The largest absolute Gasteiger partial charge is 0.391 e. The molecule has 0 saturated heterocycles. The number of nitrogens with zero attached hydrogens (tertiary/aromatic N) is 10. The number of hydrogen-bond donors (Lipinski definition) is 8. The molecule has 20 nitrogen and oxygen atoms in total. The minimum absolute atomic E-state index is 0.224. The van der Waals surface area contributed by atoms with Crippen molar-refractivity contribution in [1.82, 2.24) is 60.8 Å². The Hall–Kier alpha value is -6.75. The van der Waals surface area contributed by atoms with E-state index in [4.69, 9.17) is 0 Å². The van der Waals surface area contributed by atoms with Crippen molar-refractivity contribution in [2.75, 3.05) is 37.3 Å². The number of nitrogens with one attached hydrogen (secondary N) is 4. The van der Waals surface area contributed by atoms with Crippen molar-refractivity contribution in [3.8, 4) is 22.8 Å². The summed E-state index contributed by atoms with van der Waals surface area (Å²) >= 11 is 0. The summed E-state index contributed by atoms with van der Waals surface area (Å²) in [5, 5.41) is 77.0. The minimum atomic E-state index is -0.868. The number of likely N-dealkylation sites (N-methyl/N-ethyl adjacent to an activating group) is 2. The highest BCUT2D eigenvalue weighted by Gasteiger charge is 2.27. The first-order chi connectivity index (χ1) is 33.9. The summed E-state index contributed by atoms with van der Waals surface area (Å²) in [6.45, 7) is 12.4. The zero-order valence-electron chi connectivity index (χ0n) is 41.8. The molecule has 4 aromatic carbocycles. The van der Waals surface area contributed by atoms with Gasteiger partial charge in [-0.25, -0.2) is 23.3 Å². The van der Waals surface area contributed by atoms with E-state index in [0.29, 0.717) is 36.0 Å². The fourth-order valence-corrected chi connectivity index (χ4v) is 7.77. The number of aromatic nitrogens is 8. The zero-order valence-corrected chi connectivity index (χ0v) is 41.8. The van der Waals surface area contributed by atoms with Gasteiger partial charge in [0.05, 0.1) is 36.5 Å². The van der Waals surface area contributed by atoms with E-state index in [9.17, 15) is 34.4 Å². The number of carbonyl (C=O) groups is 2. The number of rotatable bonds is 21. The summed E-state index contributed by atoms with van der Waals surface area (Å²) < 4.78 is 16.3. The molecule has 0 radical (unpaired) electrons. The lowest BCUT2D eigenvalue weighted by Crippen LogP contribution is -2.51. The highest BCUT2D eigenvalue weighted by molar-refractivity contribution is 5.91. The Morgan fingerprint density at radius 3 is 1.77 bits per heavy atom. The van der Waals surface area contributed by atoms with E-state index >= 15 is 0 Å². The van der Waals surface area contributed by atoms with Gasteiger partial charge in [-0.1, -0.05) is 68.4 Å². The van der Waals surface area contributed by atoms with E-state index in [1.54, 1.807) is 63.0 Å². The molecule has 2 aromatic heterocycles. The summed E-state index contributed by atoms with van der Waals surface area (Å²) in [7, 11) is 5.33. The number of amides is 4. The Morgan fingerprint density at radius 1 is 0.648 bits per heavy atom. The number of carbonyl (C=O) groups excluding carboxylic acids is 2. The fourth-order valence-electron chi connectivity index (χ4n) is 7.77. The third-order valence-electron chi connectivity index (χ3n) is 12.5. The van der Waals surface area contributed by atoms with Gasteiger partial charge in [-0.3, -0.25) is 9.80 Å². The van der Waals surface area contributed by atoms with Crippen LogP contribution >= 0.6 is 0 Å². The number of aliphatic hydroxyl groups excluding tert-OH is 4. The molecule has 0 spiro atoms. The molecule has 0 aliphatic rings. The smallest absolute Gasteiger partial charge is 0.319 e. The summed E-state index contributed by atoms with van der Waals surface area (Å²) in [5.41, 5.74) is 5.39. The number of anilines is 2. The van der Waals surface area contributed by atoms with E-state index in [1.165, 1.54) is 16.8 Å². The van der Waals surface area contributed by atoms with Crippen LogP contribution in [0.5, 0.6) is 0 Å². The van der Waals surface area contributed by atoms with Crippen LogP contribution in [0.25, 0.3) is 22.8 Å². The van der Waals surface area contributed by atoms with Gasteiger partial charge in [0.15, 0.2) is 11.6 Å². The number of urea groups is 2. The second kappa shape index (κ2) is 26.5. The van der Waals surface area contributed by atoms with Gasteiger partial charge in [0, 0.05) is 61.8 Å². The lowest BCUT2D eigenvalue weighted by Gasteiger charge is -2.34. The Bertz CT molecular complexity index is 2580. The molecule has 382 valence electrons. The maximum absolute atomic E-state index is 13.1. The summed E-state index contributed by atoms with van der Waals surface area (Å²) in [5.74, 6) is 0.848. The molecule has 0 saturated carbocycles. The van der Waals surface area contributed by atoms with Gasteiger partial charge in [0.1, 0.15) is 5.82 Å². The van der Waals surface area contributed by atoms with E-state index in [2.05, 4.69) is 52.3 Å². The highest BCUT2D eigenvalue weighted by atomic mass is 19.1. The van der Waals surface area contributed by atoms with Crippen molar-refractivity contribution < 1.29 is 34.4 Å². The first-order valence-electron chi connectivity index (χ1n) is 23.7. The fraction of sp³-hybridized carbons (Fsp3) is 0.440. The second-order valence-corrected chi connectivity index (χ2v) is 17.8. The predicted molar refractivity (Wildman–Crippen MR) is 269 cm³/mol. The van der Waals surface area contributed by atoms with Gasteiger partial charge >= 0.3 is 12.1 Å². The number of aliphatic hydroxyl groups is 4. The van der Waals surface area contributed by atoms with Crippen molar-refractivity contribution in [2.45, 2.75) is 103 Å². The van der Waals surface area contributed by atoms with Crippen LogP contribution in [0.4, 0.5) is 25.4 Å². The maximum atomic E-state index is 13.1. The number of aryl methyl sites for hydroxylation is 3. The Kier molecular flexibility index (Phi) is 20.6. The van der Waals surface area contributed by atoms with Crippen LogP contribution in [0.2, 0.25) is 0 Å². The molecule has 0 unspecified atom stereocenters. The van der Waals surface area contributed by atoms with Crippen LogP contribution in [-0.2, 0) is 26.9 Å². The molecule has 71 heavy (non-hydrogen) atoms. The molecule has 8 atom stereocenters. The Balaban J connectivity index is 0.000000264. The number of benzene rings is 4. The summed E-state index contributed by atoms with van der Waals surface area (Å²) in [6.07, 6.45) is -1.95. The molecule has 21 heteroatoms. The molecular weight excluding hydrogens is 912 g/mol. The predicted octanol–water partition coefficient (Wildman–Crippen LogP) is 4.57. The van der Waals surface area contributed by atoms with Crippen molar-refractivity contribution in [1.29, 1.82) is 0 Å². The number of hydrogen-bond acceptors (Lipinski definition) is 14. The average molecular weight is 981 g/mol. The molecule has 0 aliphatic heterocycles. The SMILES string of the molecule is CCN(C[C@H](O)[C@@H](C)NC(=O)Nc1cccc(-c2nnnn2C)c1)[C@@H](C)[C@@H](O)Cc1ccc(F)cc1.CCc1cc(NC(=O)N[C@H](C)[C@@H](O)CN(C)[C@@H](C)[C@@H](O)c2ccccc2)cc(-c2nnnn2C)c1. The topological polar surface area (TPSA) is 257 Å². The van der Waals surface area contributed by atoms with Crippen molar-refractivity contribution in [2.24, 2.45) is 14.1 Å². The van der Waals surface area contributed by atoms with Gasteiger partial charge in [0.2, 0.25) is 0 Å². The number of halogens is 1. The highest BCUT2D eigenvalue weighted by Crippen LogP contribution is 2.24. The molecule has 0 fully saturated rings. The molecule has 0 bridgehead atoms. The molecule has 2 heterocycles. The van der Waals surface area contributed by atoms with Crippen LogP contribution in [0, 0.1) is 5.82 Å².